The molecule has 0 aromatic heterocycles. The van der Waals surface area contributed by atoms with Crippen molar-refractivity contribution in [3.63, 3.8) is 0 Å². The van der Waals surface area contributed by atoms with E-state index in [9.17, 15) is 10.1 Å². The third-order valence-corrected chi connectivity index (χ3v) is 4.63. The second-order valence-corrected chi connectivity index (χ2v) is 6.39. The lowest BCUT2D eigenvalue weighted by Crippen LogP contribution is -2.35. The smallest absolute Gasteiger partial charge is 0.272 e. The summed E-state index contributed by atoms with van der Waals surface area (Å²) in [7, 11) is 0. The second kappa shape index (κ2) is 5.17. The standard InChI is InChI=1S/C16H22N2O2/c1-10-3-4-14(9-15(10)18(19)20)11(2)17-16(12-5-6-12)13-7-8-13/h3-4,9,11-13,16-17H,5-8H2,1-2H3. The van der Waals surface area contributed by atoms with Crippen LogP contribution >= 0.6 is 0 Å². The van der Waals surface area contributed by atoms with Crippen molar-refractivity contribution < 1.29 is 4.92 Å². The van der Waals surface area contributed by atoms with Crippen LogP contribution < -0.4 is 5.32 Å². The quantitative estimate of drug-likeness (QED) is 0.635. The minimum Gasteiger partial charge on any atom is -0.307 e. The molecule has 2 aliphatic carbocycles. The van der Waals surface area contributed by atoms with E-state index in [2.05, 4.69) is 12.2 Å². The van der Waals surface area contributed by atoms with Crippen molar-refractivity contribution in [1.29, 1.82) is 0 Å². The van der Waals surface area contributed by atoms with Crippen molar-refractivity contribution >= 4 is 5.69 Å². The van der Waals surface area contributed by atoms with Crippen molar-refractivity contribution in [1.82, 2.24) is 5.32 Å². The van der Waals surface area contributed by atoms with Crippen LogP contribution in [0.5, 0.6) is 0 Å². The summed E-state index contributed by atoms with van der Waals surface area (Å²) in [6, 6.07) is 6.39. The van der Waals surface area contributed by atoms with Crippen LogP contribution in [0.25, 0.3) is 0 Å². The van der Waals surface area contributed by atoms with Gasteiger partial charge in [-0.1, -0.05) is 12.1 Å². The summed E-state index contributed by atoms with van der Waals surface area (Å²) in [5.74, 6) is 1.68. The molecule has 0 spiro atoms. The van der Waals surface area contributed by atoms with Crippen LogP contribution in [-0.2, 0) is 0 Å². The number of rotatable bonds is 6. The Balaban J connectivity index is 1.74. The fourth-order valence-corrected chi connectivity index (χ4v) is 3.05. The van der Waals surface area contributed by atoms with E-state index in [1.165, 1.54) is 25.7 Å². The van der Waals surface area contributed by atoms with Gasteiger partial charge in [-0.2, -0.15) is 0 Å². The molecule has 0 saturated heterocycles. The molecular formula is C16H22N2O2. The normalized spacial score (nSPS) is 20.1. The highest BCUT2D eigenvalue weighted by molar-refractivity contribution is 5.43. The first-order valence-electron chi connectivity index (χ1n) is 7.57. The zero-order valence-corrected chi connectivity index (χ0v) is 12.1. The van der Waals surface area contributed by atoms with E-state index in [1.807, 2.05) is 12.1 Å². The molecule has 0 amide bonds. The Kier molecular flexibility index (Phi) is 3.50. The first-order valence-corrected chi connectivity index (χ1v) is 7.57. The van der Waals surface area contributed by atoms with Gasteiger partial charge in [-0.15, -0.1) is 0 Å². The number of hydrogen-bond acceptors (Lipinski definition) is 3. The number of nitro benzene ring substituents is 1. The molecule has 2 aliphatic rings. The minimum atomic E-state index is -0.287. The van der Waals surface area contributed by atoms with Crippen molar-refractivity contribution in [2.45, 2.75) is 51.6 Å². The minimum absolute atomic E-state index is 0.181. The summed E-state index contributed by atoms with van der Waals surface area (Å²) in [6.45, 7) is 3.91. The molecule has 3 rings (SSSR count). The van der Waals surface area contributed by atoms with Crippen LogP contribution in [0.15, 0.2) is 18.2 Å². The molecule has 1 aromatic carbocycles. The van der Waals surface area contributed by atoms with Crippen LogP contribution in [0.1, 0.15) is 49.8 Å². The SMILES string of the molecule is Cc1ccc(C(C)NC(C2CC2)C2CC2)cc1[N+](=O)[O-]. The van der Waals surface area contributed by atoms with Crippen LogP contribution in [0, 0.1) is 28.9 Å². The Morgan fingerprint density at radius 3 is 2.35 bits per heavy atom. The molecule has 1 unspecified atom stereocenters. The predicted octanol–water partition coefficient (Wildman–Crippen LogP) is 3.74. The van der Waals surface area contributed by atoms with Crippen molar-refractivity contribution in [3.8, 4) is 0 Å². The van der Waals surface area contributed by atoms with Gasteiger partial charge in [-0.05, 0) is 56.9 Å². The molecule has 20 heavy (non-hydrogen) atoms. The lowest BCUT2D eigenvalue weighted by Gasteiger charge is -2.23. The van der Waals surface area contributed by atoms with E-state index in [1.54, 1.807) is 13.0 Å². The van der Waals surface area contributed by atoms with E-state index in [4.69, 9.17) is 0 Å². The number of aryl methyl sites for hydroxylation is 1. The Morgan fingerprint density at radius 1 is 1.25 bits per heavy atom. The molecule has 4 nitrogen and oxygen atoms in total. The number of benzene rings is 1. The molecule has 1 N–H and O–H groups in total. The number of hydrogen-bond donors (Lipinski definition) is 1. The van der Waals surface area contributed by atoms with Gasteiger partial charge in [0.2, 0.25) is 0 Å². The molecule has 1 atom stereocenters. The molecule has 2 saturated carbocycles. The maximum atomic E-state index is 11.0. The Morgan fingerprint density at radius 2 is 1.85 bits per heavy atom. The fraction of sp³-hybridized carbons (Fsp3) is 0.625. The molecule has 2 fully saturated rings. The maximum Gasteiger partial charge on any atom is 0.272 e. The summed E-state index contributed by atoms with van der Waals surface area (Å²) in [6.07, 6.45) is 5.37. The molecule has 0 radical (unpaired) electrons. The predicted molar refractivity (Wildman–Crippen MR) is 78.6 cm³/mol. The first kappa shape index (κ1) is 13.6. The van der Waals surface area contributed by atoms with Crippen molar-refractivity contribution in [2.75, 3.05) is 0 Å². The fourth-order valence-electron chi connectivity index (χ4n) is 3.05. The Hall–Kier alpha value is -1.42. The maximum absolute atomic E-state index is 11.0. The highest BCUT2D eigenvalue weighted by atomic mass is 16.6. The number of nitrogens with one attached hydrogen (secondary N) is 1. The van der Waals surface area contributed by atoms with Gasteiger partial charge in [0.25, 0.3) is 5.69 Å². The Bertz CT molecular complexity index is 509. The lowest BCUT2D eigenvalue weighted by atomic mass is 10.0. The number of nitrogens with zero attached hydrogens (tertiary/aromatic N) is 1. The van der Waals surface area contributed by atoms with Gasteiger partial charge in [-0.25, -0.2) is 0 Å². The van der Waals surface area contributed by atoms with Crippen LogP contribution in [0.2, 0.25) is 0 Å². The van der Waals surface area contributed by atoms with E-state index in [0.717, 1.165) is 23.0 Å². The summed E-state index contributed by atoms with van der Waals surface area (Å²) < 4.78 is 0. The molecule has 4 heteroatoms. The molecular weight excluding hydrogens is 252 g/mol. The number of nitro groups is 1. The molecule has 0 aliphatic heterocycles. The van der Waals surface area contributed by atoms with Crippen molar-refractivity contribution in [3.05, 3.63) is 39.4 Å². The van der Waals surface area contributed by atoms with E-state index < -0.39 is 0 Å². The lowest BCUT2D eigenvalue weighted by molar-refractivity contribution is -0.385. The van der Waals surface area contributed by atoms with E-state index in [0.29, 0.717) is 6.04 Å². The summed E-state index contributed by atoms with van der Waals surface area (Å²) in [5, 5.41) is 14.8. The highest BCUT2D eigenvalue weighted by Gasteiger charge is 2.41. The third kappa shape index (κ3) is 2.85. The van der Waals surface area contributed by atoms with Gasteiger partial charge in [-0.3, -0.25) is 10.1 Å². The summed E-state index contributed by atoms with van der Waals surface area (Å²) in [4.78, 5) is 10.8. The molecule has 108 valence electrons. The Labute approximate surface area is 119 Å². The average molecular weight is 274 g/mol. The topological polar surface area (TPSA) is 55.2 Å². The molecule has 1 aromatic rings. The second-order valence-electron chi connectivity index (χ2n) is 6.39. The molecule has 0 bridgehead atoms. The van der Waals surface area contributed by atoms with Gasteiger partial charge in [0.1, 0.15) is 0 Å². The monoisotopic (exact) mass is 274 g/mol. The van der Waals surface area contributed by atoms with Crippen molar-refractivity contribution in [2.24, 2.45) is 11.8 Å². The summed E-state index contributed by atoms with van der Waals surface area (Å²) in [5.41, 5.74) is 1.98. The van der Waals surface area contributed by atoms with Gasteiger partial charge in [0, 0.05) is 23.7 Å². The van der Waals surface area contributed by atoms with E-state index >= 15 is 0 Å². The van der Waals surface area contributed by atoms with Crippen LogP contribution in [-0.4, -0.2) is 11.0 Å². The van der Waals surface area contributed by atoms with Crippen LogP contribution in [0.4, 0.5) is 5.69 Å². The van der Waals surface area contributed by atoms with Gasteiger partial charge < -0.3 is 5.32 Å². The summed E-state index contributed by atoms with van der Waals surface area (Å²) >= 11 is 0. The molecule has 0 heterocycles. The highest BCUT2D eigenvalue weighted by Crippen LogP contribution is 2.45. The van der Waals surface area contributed by atoms with Gasteiger partial charge in [0.15, 0.2) is 0 Å². The van der Waals surface area contributed by atoms with Gasteiger partial charge in [0.05, 0.1) is 4.92 Å². The third-order valence-electron chi connectivity index (χ3n) is 4.63. The zero-order valence-electron chi connectivity index (χ0n) is 12.1. The average Bonchev–Trinajstić information content (AvgIpc) is 3.28. The van der Waals surface area contributed by atoms with Gasteiger partial charge >= 0.3 is 0 Å². The largest absolute Gasteiger partial charge is 0.307 e. The zero-order chi connectivity index (χ0) is 14.3. The first-order chi connectivity index (χ1) is 9.56. The van der Waals surface area contributed by atoms with Crippen LogP contribution in [0.3, 0.4) is 0 Å². The van der Waals surface area contributed by atoms with E-state index in [-0.39, 0.29) is 16.7 Å².